The Morgan fingerprint density at radius 1 is 0.951 bits per heavy atom. The maximum atomic E-state index is 6.49. The van der Waals surface area contributed by atoms with Crippen LogP contribution < -0.4 is 15.8 Å². The fourth-order valence-electron chi connectivity index (χ4n) is 6.62. The van der Waals surface area contributed by atoms with Gasteiger partial charge in [-0.25, -0.2) is 14.6 Å². The molecule has 9 nitrogen and oxygen atoms in total. The molecule has 1 atom stereocenters. The molecular formula is C30H34Cl2N8O. The number of anilines is 2. The molecule has 41 heavy (non-hydrogen) atoms. The topological polar surface area (TPSA) is 97.4 Å². The molecule has 3 N–H and O–H groups in total. The third-order valence-corrected chi connectivity index (χ3v) is 9.42. The SMILES string of the molecule is CN1CCN(C2CCC(n3nc(-c4ccc(NC5COc6cc(Cl)cc(Cl)c65)cc4)c4c(N)ncnc43)CC2)CC1. The van der Waals surface area contributed by atoms with Gasteiger partial charge in [0.1, 0.15) is 30.2 Å². The van der Waals surface area contributed by atoms with E-state index in [1.54, 1.807) is 18.5 Å². The zero-order valence-electron chi connectivity index (χ0n) is 23.1. The first kappa shape index (κ1) is 26.8. The van der Waals surface area contributed by atoms with Gasteiger partial charge >= 0.3 is 0 Å². The molecule has 2 aromatic carbocycles. The van der Waals surface area contributed by atoms with Crippen LogP contribution in [0.3, 0.4) is 0 Å². The number of benzene rings is 2. The molecule has 11 heteroatoms. The molecule has 2 aliphatic heterocycles. The van der Waals surface area contributed by atoms with Crippen LogP contribution in [-0.4, -0.2) is 75.4 Å². The molecule has 4 heterocycles. The van der Waals surface area contributed by atoms with Crippen LogP contribution >= 0.6 is 23.2 Å². The van der Waals surface area contributed by atoms with E-state index in [1.807, 2.05) is 12.1 Å². The van der Waals surface area contributed by atoms with E-state index in [1.165, 1.54) is 12.8 Å². The highest BCUT2D eigenvalue weighted by molar-refractivity contribution is 6.35. The van der Waals surface area contributed by atoms with Gasteiger partial charge in [-0.3, -0.25) is 4.90 Å². The monoisotopic (exact) mass is 592 g/mol. The van der Waals surface area contributed by atoms with Crippen molar-refractivity contribution in [2.45, 2.75) is 43.8 Å². The summed E-state index contributed by atoms with van der Waals surface area (Å²) in [6, 6.07) is 12.7. The van der Waals surface area contributed by atoms with Crippen LogP contribution in [0.4, 0.5) is 11.5 Å². The second-order valence-corrected chi connectivity index (χ2v) is 12.3. The standard InChI is InChI=1S/C30H34Cl2N8O/c1-38-10-12-39(13-11-38)21-6-8-22(9-7-21)40-30-27(29(33)34-17-35-30)28(37-40)18-2-4-20(5-3-18)36-24-16-41-25-15-19(31)14-23(32)26(24)25/h2-5,14-15,17,21-22,24,36H,6-13,16H2,1H3,(H2,33,34,35). The normalized spacial score (nSPS) is 23.4. The smallest absolute Gasteiger partial charge is 0.164 e. The highest BCUT2D eigenvalue weighted by Crippen LogP contribution is 2.42. The summed E-state index contributed by atoms with van der Waals surface area (Å²) < 4.78 is 7.93. The van der Waals surface area contributed by atoms with Crippen molar-refractivity contribution in [1.82, 2.24) is 29.5 Å². The van der Waals surface area contributed by atoms with Gasteiger partial charge < -0.3 is 20.7 Å². The summed E-state index contributed by atoms with van der Waals surface area (Å²) in [7, 11) is 2.21. The van der Waals surface area contributed by atoms with Crippen LogP contribution in [0.15, 0.2) is 42.7 Å². The number of piperazine rings is 1. The van der Waals surface area contributed by atoms with Crippen LogP contribution in [0, 0.1) is 0 Å². The van der Waals surface area contributed by atoms with Crippen molar-refractivity contribution in [2.75, 3.05) is 50.9 Å². The number of ether oxygens (including phenoxy) is 1. The molecule has 7 rings (SSSR count). The summed E-state index contributed by atoms with van der Waals surface area (Å²) in [6.07, 6.45) is 6.06. The van der Waals surface area contributed by atoms with Gasteiger partial charge in [-0.2, -0.15) is 5.10 Å². The summed E-state index contributed by atoms with van der Waals surface area (Å²) in [4.78, 5) is 14.1. The van der Waals surface area contributed by atoms with Crippen molar-refractivity contribution < 1.29 is 4.74 Å². The third kappa shape index (κ3) is 5.09. The maximum Gasteiger partial charge on any atom is 0.164 e. The van der Waals surface area contributed by atoms with Crippen LogP contribution in [0.2, 0.25) is 10.0 Å². The van der Waals surface area contributed by atoms with Crippen LogP contribution in [0.25, 0.3) is 22.3 Å². The lowest BCUT2D eigenvalue weighted by molar-refractivity contribution is 0.0815. The number of rotatable bonds is 5. The first-order valence-corrected chi connectivity index (χ1v) is 15.1. The van der Waals surface area contributed by atoms with E-state index in [9.17, 15) is 0 Å². The Balaban J connectivity index is 1.11. The molecule has 1 saturated heterocycles. The van der Waals surface area contributed by atoms with E-state index in [0.717, 1.165) is 78.3 Å². The number of halogens is 2. The molecule has 2 aromatic heterocycles. The highest BCUT2D eigenvalue weighted by Gasteiger charge is 2.31. The van der Waals surface area contributed by atoms with E-state index in [4.69, 9.17) is 38.8 Å². The Hall–Kier alpha value is -3.11. The molecule has 2 fully saturated rings. The van der Waals surface area contributed by atoms with E-state index < -0.39 is 0 Å². The van der Waals surface area contributed by atoms with E-state index in [-0.39, 0.29) is 6.04 Å². The lowest BCUT2D eigenvalue weighted by atomic mass is 9.90. The quantitative estimate of drug-likeness (QED) is 0.306. The first-order chi connectivity index (χ1) is 19.9. The zero-order valence-corrected chi connectivity index (χ0v) is 24.6. The Kier molecular flexibility index (Phi) is 7.15. The van der Waals surface area contributed by atoms with Crippen molar-refractivity contribution in [2.24, 2.45) is 0 Å². The van der Waals surface area contributed by atoms with Gasteiger partial charge in [-0.15, -0.1) is 0 Å². The maximum absolute atomic E-state index is 6.49. The number of likely N-dealkylation sites (N-methyl/N-ethyl adjacent to an activating group) is 1. The van der Waals surface area contributed by atoms with Gasteiger partial charge in [-0.05, 0) is 57.0 Å². The number of hydrogen-bond donors (Lipinski definition) is 2. The van der Waals surface area contributed by atoms with Crippen molar-refractivity contribution in [3.63, 3.8) is 0 Å². The Bertz CT molecular complexity index is 1560. The molecule has 4 aromatic rings. The Morgan fingerprint density at radius 2 is 1.68 bits per heavy atom. The number of aromatic nitrogens is 4. The Morgan fingerprint density at radius 3 is 2.44 bits per heavy atom. The highest BCUT2D eigenvalue weighted by atomic mass is 35.5. The van der Waals surface area contributed by atoms with Crippen molar-refractivity contribution in [1.29, 1.82) is 0 Å². The molecule has 1 unspecified atom stereocenters. The van der Waals surface area contributed by atoms with Crippen LogP contribution in [0.1, 0.15) is 43.3 Å². The second kappa shape index (κ2) is 10.9. The molecular weight excluding hydrogens is 559 g/mol. The van der Waals surface area contributed by atoms with Crippen molar-refractivity contribution >= 4 is 45.7 Å². The molecule has 214 valence electrons. The minimum absolute atomic E-state index is 0.0642. The number of nitrogens with two attached hydrogens (primary N) is 1. The van der Waals surface area contributed by atoms with E-state index in [2.05, 4.69) is 48.9 Å². The number of nitrogen functional groups attached to an aromatic ring is 1. The molecule has 1 aliphatic carbocycles. The van der Waals surface area contributed by atoms with E-state index >= 15 is 0 Å². The van der Waals surface area contributed by atoms with Crippen molar-refractivity contribution in [3.05, 3.63) is 58.3 Å². The van der Waals surface area contributed by atoms with Gasteiger partial charge in [0, 0.05) is 54.1 Å². The number of hydrogen-bond acceptors (Lipinski definition) is 8. The van der Waals surface area contributed by atoms with Gasteiger partial charge in [-0.1, -0.05) is 35.3 Å². The lowest BCUT2D eigenvalue weighted by Crippen LogP contribution is -2.49. The van der Waals surface area contributed by atoms with Crippen molar-refractivity contribution in [3.8, 4) is 17.0 Å². The predicted octanol–water partition coefficient (Wildman–Crippen LogP) is 5.66. The van der Waals surface area contributed by atoms with Crippen LogP contribution in [0.5, 0.6) is 5.75 Å². The summed E-state index contributed by atoms with van der Waals surface area (Å²) in [5.41, 5.74) is 10.9. The minimum Gasteiger partial charge on any atom is -0.491 e. The predicted molar refractivity (Wildman–Crippen MR) is 164 cm³/mol. The second-order valence-electron chi connectivity index (χ2n) is 11.4. The summed E-state index contributed by atoms with van der Waals surface area (Å²) in [5, 5.41) is 10.6. The van der Waals surface area contributed by atoms with Gasteiger partial charge in [0.25, 0.3) is 0 Å². The number of nitrogens with one attached hydrogen (secondary N) is 1. The Labute approximate surface area is 249 Å². The zero-order chi connectivity index (χ0) is 28.1. The summed E-state index contributed by atoms with van der Waals surface area (Å²) >= 11 is 12.6. The van der Waals surface area contributed by atoms with E-state index in [0.29, 0.717) is 34.6 Å². The number of nitrogens with zero attached hydrogens (tertiary/aromatic N) is 6. The molecule has 0 amide bonds. The first-order valence-electron chi connectivity index (χ1n) is 14.3. The molecule has 1 saturated carbocycles. The number of fused-ring (bicyclic) bond motifs is 2. The minimum atomic E-state index is -0.0642. The fraction of sp³-hybridized carbons (Fsp3) is 0.433. The lowest BCUT2D eigenvalue weighted by Gasteiger charge is -2.41. The molecule has 0 spiro atoms. The van der Waals surface area contributed by atoms with Crippen LogP contribution in [-0.2, 0) is 0 Å². The molecule has 0 bridgehead atoms. The largest absolute Gasteiger partial charge is 0.491 e. The molecule has 3 aliphatic rings. The van der Waals surface area contributed by atoms with Gasteiger partial charge in [0.15, 0.2) is 5.65 Å². The average Bonchev–Trinajstić information content (AvgIpc) is 3.57. The van der Waals surface area contributed by atoms with Gasteiger partial charge in [0.2, 0.25) is 0 Å². The molecule has 0 radical (unpaired) electrons. The fourth-order valence-corrected chi connectivity index (χ4v) is 7.23. The summed E-state index contributed by atoms with van der Waals surface area (Å²) in [5.74, 6) is 1.18. The third-order valence-electron chi connectivity index (χ3n) is 8.89. The van der Waals surface area contributed by atoms with Gasteiger partial charge in [0.05, 0.1) is 22.5 Å². The summed E-state index contributed by atoms with van der Waals surface area (Å²) in [6.45, 7) is 5.12. The average molecular weight is 594 g/mol.